The predicted molar refractivity (Wildman–Crippen MR) is 114 cm³/mol. The van der Waals surface area contributed by atoms with Crippen LogP contribution in [-0.2, 0) is 6.54 Å². The molecule has 0 radical (unpaired) electrons. The maximum atomic E-state index is 12.2. The molecule has 8 heteroatoms. The quantitative estimate of drug-likeness (QED) is 0.502. The summed E-state index contributed by atoms with van der Waals surface area (Å²) >= 11 is 8.50. The summed E-state index contributed by atoms with van der Waals surface area (Å²) in [6.45, 7) is 0.317. The lowest BCUT2D eigenvalue weighted by atomic mass is 10.2. The second-order valence-corrected chi connectivity index (χ2v) is 7.08. The average Bonchev–Trinajstić information content (AvgIpc) is 3.20. The molecule has 3 N–H and O–H groups in total. The third-order valence-electron chi connectivity index (χ3n) is 3.72. The van der Waals surface area contributed by atoms with Gasteiger partial charge in [0.2, 0.25) is 0 Å². The summed E-state index contributed by atoms with van der Waals surface area (Å²) in [7, 11) is 0. The molecule has 1 aromatic heterocycles. The summed E-state index contributed by atoms with van der Waals surface area (Å²) in [4.78, 5) is 24.3. The zero-order chi connectivity index (χ0) is 19.9. The molecule has 0 bridgehead atoms. The van der Waals surface area contributed by atoms with Crippen LogP contribution in [-0.4, -0.2) is 16.9 Å². The van der Waals surface area contributed by atoms with E-state index in [2.05, 4.69) is 31.9 Å². The molecule has 0 aliphatic heterocycles. The van der Waals surface area contributed by atoms with Crippen molar-refractivity contribution in [2.75, 3.05) is 5.32 Å². The van der Waals surface area contributed by atoms with Gasteiger partial charge in [-0.2, -0.15) is 0 Å². The highest BCUT2D eigenvalue weighted by atomic mass is 79.9. The molecule has 0 spiro atoms. The van der Waals surface area contributed by atoms with Gasteiger partial charge in [-0.15, -0.1) is 0 Å². The minimum atomic E-state index is -0.312. The molecule has 0 saturated carbocycles. The fourth-order valence-electron chi connectivity index (χ4n) is 2.35. The standard InChI is InChI=1S/C20H16BrN3O3S/c21-15-4-1-3-14(11-15)19(26)24-20(28)23-16-8-6-13(7-9-16)18(25)22-12-17-5-2-10-27-17/h1-11H,12H2,(H,22,25)(H2,23,24,26,28). The molecule has 0 aliphatic carbocycles. The van der Waals surface area contributed by atoms with Crippen molar-refractivity contribution in [1.82, 2.24) is 10.6 Å². The minimum absolute atomic E-state index is 0.167. The van der Waals surface area contributed by atoms with Crippen LogP contribution in [0.4, 0.5) is 5.69 Å². The van der Waals surface area contributed by atoms with Gasteiger partial charge in [0.15, 0.2) is 5.11 Å². The number of hydrogen-bond donors (Lipinski definition) is 3. The Hall–Kier alpha value is -2.97. The van der Waals surface area contributed by atoms with E-state index in [0.717, 1.165) is 4.47 Å². The number of nitrogens with one attached hydrogen (secondary N) is 3. The topological polar surface area (TPSA) is 83.4 Å². The molecule has 0 aliphatic rings. The average molecular weight is 458 g/mol. The number of amides is 2. The van der Waals surface area contributed by atoms with Gasteiger partial charge < -0.3 is 15.1 Å². The largest absolute Gasteiger partial charge is 0.467 e. The molecule has 0 fully saturated rings. The van der Waals surface area contributed by atoms with Gasteiger partial charge in [-0.25, -0.2) is 0 Å². The summed E-state index contributed by atoms with van der Waals surface area (Å²) in [5.74, 6) is 0.152. The van der Waals surface area contributed by atoms with E-state index < -0.39 is 0 Å². The van der Waals surface area contributed by atoms with Gasteiger partial charge >= 0.3 is 0 Å². The van der Waals surface area contributed by atoms with Gasteiger partial charge in [0.25, 0.3) is 11.8 Å². The van der Waals surface area contributed by atoms with Crippen LogP contribution in [0.2, 0.25) is 0 Å². The van der Waals surface area contributed by atoms with Crippen molar-refractivity contribution in [3.63, 3.8) is 0 Å². The molecule has 6 nitrogen and oxygen atoms in total. The third-order valence-corrected chi connectivity index (χ3v) is 4.42. The van der Waals surface area contributed by atoms with E-state index in [1.807, 2.05) is 6.07 Å². The molecule has 0 unspecified atom stereocenters. The first-order valence-corrected chi connectivity index (χ1v) is 9.50. The van der Waals surface area contributed by atoms with Gasteiger partial charge in [0.1, 0.15) is 5.76 Å². The van der Waals surface area contributed by atoms with Crippen LogP contribution in [0.3, 0.4) is 0 Å². The smallest absolute Gasteiger partial charge is 0.257 e. The Morgan fingerprint density at radius 3 is 2.43 bits per heavy atom. The van der Waals surface area contributed by atoms with E-state index in [4.69, 9.17) is 16.6 Å². The minimum Gasteiger partial charge on any atom is -0.467 e. The van der Waals surface area contributed by atoms with Crippen LogP contribution < -0.4 is 16.0 Å². The van der Waals surface area contributed by atoms with Crippen molar-refractivity contribution < 1.29 is 14.0 Å². The van der Waals surface area contributed by atoms with Crippen molar-refractivity contribution in [2.24, 2.45) is 0 Å². The number of benzene rings is 2. The van der Waals surface area contributed by atoms with Crippen LogP contribution >= 0.6 is 28.1 Å². The normalized spacial score (nSPS) is 10.2. The number of carbonyl (C=O) groups is 2. The number of hydrogen-bond acceptors (Lipinski definition) is 4. The maximum absolute atomic E-state index is 12.2. The zero-order valence-electron chi connectivity index (χ0n) is 14.6. The zero-order valence-corrected chi connectivity index (χ0v) is 17.0. The Morgan fingerprint density at radius 1 is 0.964 bits per heavy atom. The molecular formula is C20H16BrN3O3S. The second kappa shape index (κ2) is 9.29. The number of anilines is 1. The van der Waals surface area contributed by atoms with Gasteiger partial charge in [-0.05, 0) is 66.8 Å². The first-order valence-electron chi connectivity index (χ1n) is 8.30. The summed E-state index contributed by atoms with van der Waals surface area (Å²) in [6.07, 6.45) is 1.56. The number of halogens is 1. The van der Waals surface area contributed by atoms with E-state index in [1.165, 1.54) is 0 Å². The number of carbonyl (C=O) groups excluding carboxylic acids is 2. The number of thiocarbonyl (C=S) groups is 1. The van der Waals surface area contributed by atoms with Crippen molar-refractivity contribution in [1.29, 1.82) is 0 Å². The molecule has 3 rings (SSSR count). The first kappa shape index (κ1) is 19.8. The van der Waals surface area contributed by atoms with Crippen LogP contribution in [0.5, 0.6) is 0 Å². The summed E-state index contributed by atoms with van der Waals surface area (Å²) in [5, 5.41) is 8.47. The van der Waals surface area contributed by atoms with E-state index in [0.29, 0.717) is 29.1 Å². The molecule has 3 aromatic rings. The van der Waals surface area contributed by atoms with Crippen LogP contribution in [0.15, 0.2) is 75.8 Å². The highest BCUT2D eigenvalue weighted by Gasteiger charge is 2.09. The van der Waals surface area contributed by atoms with Crippen molar-refractivity contribution in [2.45, 2.75) is 6.54 Å². The lowest BCUT2D eigenvalue weighted by molar-refractivity contribution is 0.0946. The summed E-state index contributed by atoms with van der Waals surface area (Å²) < 4.78 is 5.98. The van der Waals surface area contributed by atoms with Gasteiger partial charge in [-0.3, -0.25) is 14.9 Å². The van der Waals surface area contributed by atoms with E-state index in [9.17, 15) is 9.59 Å². The molecule has 0 atom stereocenters. The molecule has 142 valence electrons. The molecule has 28 heavy (non-hydrogen) atoms. The Labute approximate surface area is 175 Å². The fraction of sp³-hybridized carbons (Fsp3) is 0.0500. The summed E-state index contributed by atoms with van der Waals surface area (Å²) in [6, 6.07) is 17.3. The lowest BCUT2D eigenvalue weighted by Crippen LogP contribution is -2.34. The molecule has 2 amide bonds. The van der Waals surface area contributed by atoms with Crippen LogP contribution in [0.1, 0.15) is 26.5 Å². The van der Waals surface area contributed by atoms with E-state index >= 15 is 0 Å². The number of furan rings is 1. The van der Waals surface area contributed by atoms with Crippen molar-refractivity contribution >= 4 is 50.8 Å². The van der Waals surface area contributed by atoms with Crippen molar-refractivity contribution in [3.8, 4) is 0 Å². The Bertz CT molecular complexity index is 988. The Kier molecular flexibility index (Phi) is 6.57. The van der Waals surface area contributed by atoms with Gasteiger partial charge in [0.05, 0.1) is 12.8 Å². The molecule has 1 heterocycles. The van der Waals surface area contributed by atoms with Crippen LogP contribution in [0, 0.1) is 0 Å². The fourth-order valence-corrected chi connectivity index (χ4v) is 2.96. The summed E-state index contributed by atoms with van der Waals surface area (Å²) in [5.41, 5.74) is 1.64. The maximum Gasteiger partial charge on any atom is 0.257 e. The second-order valence-electron chi connectivity index (χ2n) is 5.76. The first-order chi connectivity index (χ1) is 13.5. The molecule has 0 saturated heterocycles. The highest BCUT2D eigenvalue weighted by Crippen LogP contribution is 2.12. The molecular weight excluding hydrogens is 442 g/mol. The van der Waals surface area contributed by atoms with E-state index in [-0.39, 0.29) is 16.9 Å². The third kappa shape index (κ3) is 5.51. The Morgan fingerprint density at radius 2 is 1.75 bits per heavy atom. The van der Waals surface area contributed by atoms with Crippen LogP contribution in [0.25, 0.3) is 0 Å². The van der Waals surface area contributed by atoms with Gasteiger partial charge in [0, 0.05) is 21.3 Å². The predicted octanol–water partition coefficient (Wildman–Crippen LogP) is 4.10. The number of rotatable bonds is 5. The highest BCUT2D eigenvalue weighted by molar-refractivity contribution is 9.10. The van der Waals surface area contributed by atoms with Crippen molar-refractivity contribution in [3.05, 3.63) is 88.3 Å². The SMILES string of the molecule is O=C(NCc1ccco1)c1ccc(NC(=S)NC(=O)c2cccc(Br)c2)cc1. The molecule has 2 aromatic carbocycles. The monoisotopic (exact) mass is 457 g/mol. The lowest BCUT2D eigenvalue weighted by Gasteiger charge is -2.10. The van der Waals surface area contributed by atoms with E-state index in [1.54, 1.807) is 60.9 Å². The Balaban J connectivity index is 1.52. The van der Waals surface area contributed by atoms with Gasteiger partial charge in [-0.1, -0.05) is 22.0 Å².